The van der Waals surface area contributed by atoms with E-state index in [9.17, 15) is 22.8 Å². The number of benzene rings is 1. The molecule has 1 saturated carbocycles. The Morgan fingerprint density at radius 1 is 1.07 bits per heavy atom. The van der Waals surface area contributed by atoms with Gasteiger partial charge in [0.1, 0.15) is 6.10 Å². The summed E-state index contributed by atoms with van der Waals surface area (Å²) in [6.45, 7) is 6.69. The standard InChI is InChI=1S/C22H30F3NO3/c1-21(2,3)15-10-12-18(13-11-15)29-20(28)9-5-8-19(27)26-17-7-4-6-16(14-17)22(23,24)25/h4,6-7,14-15,18H,5,8-13H2,1-3H3,(H,26,27). The zero-order valence-corrected chi connectivity index (χ0v) is 17.3. The molecule has 0 aliphatic heterocycles. The third-order valence-electron chi connectivity index (χ3n) is 5.46. The lowest BCUT2D eigenvalue weighted by atomic mass is 9.72. The highest BCUT2D eigenvalue weighted by atomic mass is 19.4. The topological polar surface area (TPSA) is 55.4 Å². The molecule has 1 amide bonds. The van der Waals surface area contributed by atoms with E-state index in [0.29, 0.717) is 12.3 Å². The Labute approximate surface area is 170 Å². The third-order valence-corrected chi connectivity index (χ3v) is 5.46. The Morgan fingerprint density at radius 2 is 1.72 bits per heavy atom. The number of rotatable bonds is 6. The van der Waals surface area contributed by atoms with Crippen LogP contribution in [-0.2, 0) is 20.5 Å². The van der Waals surface area contributed by atoms with Crippen LogP contribution in [0, 0.1) is 11.3 Å². The van der Waals surface area contributed by atoms with Crippen LogP contribution in [0.1, 0.15) is 71.3 Å². The van der Waals surface area contributed by atoms with Crippen molar-refractivity contribution in [3.63, 3.8) is 0 Å². The van der Waals surface area contributed by atoms with Crippen molar-refractivity contribution in [1.29, 1.82) is 0 Å². The van der Waals surface area contributed by atoms with Crippen molar-refractivity contribution in [3.05, 3.63) is 29.8 Å². The smallest absolute Gasteiger partial charge is 0.416 e. The fourth-order valence-corrected chi connectivity index (χ4v) is 3.68. The number of halogens is 3. The van der Waals surface area contributed by atoms with Crippen molar-refractivity contribution in [3.8, 4) is 0 Å². The zero-order chi connectivity index (χ0) is 21.7. The van der Waals surface area contributed by atoms with Gasteiger partial charge < -0.3 is 10.1 Å². The molecule has 1 aliphatic carbocycles. The molecule has 162 valence electrons. The zero-order valence-electron chi connectivity index (χ0n) is 17.3. The average molecular weight is 413 g/mol. The van der Waals surface area contributed by atoms with Crippen molar-refractivity contribution in [2.24, 2.45) is 11.3 Å². The van der Waals surface area contributed by atoms with Crippen LogP contribution in [0.4, 0.5) is 18.9 Å². The lowest BCUT2D eigenvalue weighted by Crippen LogP contribution is -2.30. The second-order valence-corrected chi connectivity index (χ2v) is 8.81. The van der Waals surface area contributed by atoms with E-state index in [1.807, 2.05) is 0 Å². The summed E-state index contributed by atoms with van der Waals surface area (Å²) in [5, 5.41) is 2.44. The van der Waals surface area contributed by atoms with Gasteiger partial charge in [-0.15, -0.1) is 0 Å². The van der Waals surface area contributed by atoms with Crippen LogP contribution < -0.4 is 5.32 Å². The molecule has 1 aromatic carbocycles. The highest BCUT2D eigenvalue weighted by molar-refractivity contribution is 5.91. The van der Waals surface area contributed by atoms with Crippen molar-refractivity contribution < 1.29 is 27.5 Å². The number of carbonyl (C=O) groups is 2. The van der Waals surface area contributed by atoms with Crippen molar-refractivity contribution in [2.45, 2.75) is 78.0 Å². The Bertz CT molecular complexity index is 702. The van der Waals surface area contributed by atoms with Crippen LogP contribution >= 0.6 is 0 Å². The van der Waals surface area contributed by atoms with Crippen molar-refractivity contribution in [1.82, 2.24) is 0 Å². The summed E-state index contributed by atoms with van der Waals surface area (Å²) < 4.78 is 43.6. The lowest BCUT2D eigenvalue weighted by Gasteiger charge is -2.36. The molecule has 1 N–H and O–H groups in total. The first-order valence-corrected chi connectivity index (χ1v) is 10.1. The highest BCUT2D eigenvalue weighted by Crippen LogP contribution is 2.38. The maximum atomic E-state index is 12.7. The van der Waals surface area contributed by atoms with E-state index in [1.54, 1.807) is 0 Å². The number of nitrogens with one attached hydrogen (secondary N) is 1. The Morgan fingerprint density at radius 3 is 2.31 bits per heavy atom. The minimum absolute atomic E-state index is 0.0438. The van der Waals surface area contributed by atoms with Gasteiger partial charge in [-0.25, -0.2) is 0 Å². The Hall–Kier alpha value is -2.05. The van der Waals surface area contributed by atoms with Crippen LogP contribution in [-0.4, -0.2) is 18.0 Å². The van der Waals surface area contributed by atoms with Gasteiger partial charge in [-0.2, -0.15) is 13.2 Å². The SMILES string of the molecule is CC(C)(C)C1CCC(OC(=O)CCCC(=O)Nc2cccc(C(F)(F)F)c2)CC1. The fourth-order valence-electron chi connectivity index (χ4n) is 3.68. The molecule has 0 aromatic heterocycles. The number of hydrogen-bond donors (Lipinski definition) is 1. The van der Waals surface area contributed by atoms with E-state index in [2.05, 4.69) is 26.1 Å². The Balaban J connectivity index is 1.68. The molecular weight excluding hydrogens is 383 g/mol. The number of anilines is 1. The molecule has 7 heteroatoms. The molecular formula is C22H30F3NO3. The molecule has 0 unspecified atom stereocenters. The molecule has 0 heterocycles. The van der Waals surface area contributed by atoms with Gasteiger partial charge in [-0.3, -0.25) is 9.59 Å². The van der Waals surface area contributed by atoms with Crippen LogP contribution in [0.2, 0.25) is 0 Å². The molecule has 29 heavy (non-hydrogen) atoms. The van der Waals surface area contributed by atoms with Crippen molar-refractivity contribution >= 4 is 17.6 Å². The first-order valence-electron chi connectivity index (χ1n) is 10.1. The molecule has 4 nitrogen and oxygen atoms in total. The molecule has 0 radical (unpaired) electrons. The number of esters is 1. The minimum Gasteiger partial charge on any atom is -0.462 e. The monoisotopic (exact) mass is 413 g/mol. The molecule has 1 aromatic rings. The van der Waals surface area contributed by atoms with E-state index in [1.165, 1.54) is 12.1 Å². The van der Waals surface area contributed by atoms with Crippen LogP contribution in [0.3, 0.4) is 0 Å². The van der Waals surface area contributed by atoms with Gasteiger partial charge in [0.05, 0.1) is 5.56 Å². The van der Waals surface area contributed by atoms with E-state index >= 15 is 0 Å². The minimum atomic E-state index is -4.46. The van der Waals surface area contributed by atoms with Crippen LogP contribution in [0.15, 0.2) is 24.3 Å². The summed E-state index contributed by atoms with van der Waals surface area (Å²) in [6.07, 6.45) is -0.246. The predicted octanol–water partition coefficient (Wildman–Crippen LogP) is 5.96. The summed E-state index contributed by atoms with van der Waals surface area (Å²) in [5.74, 6) is -0.115. The fraction of sp³-hybridized carbons (Fsp3) is 0.636. The summed E-state index contributed by atoms with van der Waals surface area (Å²) >= 11 is 0. The third kappa shape index (κ3) is 7.71. The average Bonchev–Trinajstić information content (AvgIpc) is 2.61. The predicted molar refractivity (Wildman–Crippen MR) is 105 cm³/mol. The molecule has 1 fully saturated rings. The van der Waals surface area contributed by atoms with E-state index in [0.717, 1.165) is 37.8 Å². The Kier molecular flexibility index (Phi) is 7.72. The maximum Gasteiger partial charge on any atom is 0.416 e. The maximum absolute atomic E-state index is 12.7. The van der Waals surface area contributed by atoms with Crippen molar-refractivity contribution in [2.75, 3.05) is 5.32 Å². The molecule has 0 bridgehead atoms. The molecule has 0 saturated heterocycles. The number of carbonyl (C=O) groups excluding carboxylic acids is 2. The second-order valence-electron chi connectivity index (χ2n) is 8.81. The number of ether oxygens (including phenoxy) is 1. The van der Waals surface area contributed by atoms with Gasteiger partial charge in [0.2, 0.25) is 5.91 Å². The van der Waals surface area contributed by atoms with E-state index in [4.69, 9.17) is 4.74 Å². The highest BCUT2D eigenvalue weighted by Gasteiger charge is 2.31. The first kappa shape index (κ1) is 23.2. The number of amides is 1. The van der Waals surface area contributed by atoms with E-state index in [-0.39, 0.29) is 36.0 Å². The number of alkyl halides is 3. The van der Waals surface area contributed by atoms with Gasteiger partial charge in [-0.05, 0) is 61.6 Å². The summed E-state index contributed by atoms with van der Waals surface area (Å²) in [5.41, 5.74) is -0.467. The summed E-state index contributed by atoms with van der Waals surface area (Å²) in [4.78, 5) is 23.9. The quantitative estimate of drug-likeness (QED) is 0.585. The molecule has 1 aliphatic rings. The van der Waals surface area contributed by atoms with E-state index < -0.39 is 17.6 Å². The largest absolute Gasteiger partial charge is 0.462 e. The number of hydrogen-bond acceptors (Lipinski definition) is 3. The van der Waals surface area contributed by atoms with Crippen LogP contribution in [0.25, 0.3) is 0 Å². The summed E-state index contributed by atoms with van der Waals surface area (Å²) in [6, 6.07) is 4.47. The molecule has 0 atom stereocenters. The van der Waals surface area contributed by atoms with Gasteiger partial charge in [0.15, 0.2) is 0 Å². The second kappa shape index (κ2) is 9.63. The van der Waals surface area contributed by atoms with Gasteiger partial charge >= 0.3 is 12.1 Å². The van der Waals surface area contributed by atoms with Gasteiger partial charge in [0.25, 0.3) is 0 Å². The van der Waals surface area contributed by atoms with Gasteiger partial charge in [-0.1, -0.05) is 26.8 Å². The van der Waals surface area contributed by atoms with Gasteiger partial charge in [0, 0.05) is 18.5 Å². The lowest BCUT2D eigenvalue weighted by molar-refractivity contribution is -0.151. The summed E-state index contributed by atoms with van der Waals surface area (Å²) in [7, 11) is 0. The molecule has 2 rings (SSSR count). The first-order chi connectivity index (χ1) is 13.4. The van der Waals surface area contributed by atoms with Crippen LogP contribution in [0.5, 0.6) is 0 Å². The normalized spacial score (nSPS) is 20.2. The molecule has 0 spiro atoms.